The molecule has 1 aromatic heterocycles. The van der Waals surface area contributed by atoms with E-state index < -0.39 is 4.92 Å². The van der Waals surface area contributed by atoms with E-state index in [1.807, 2.05) is 26.0 Å². The molecule has 0 amide bonds. The Labute approximate surface area is 192 Å². The molecule has 0 bridgehead atoms. The van der Waals surface area contributed by atoms with E-state index in [1.165, 1.54) is 23.4 Å². The van der Waals surface area contributed by atoms with E-state index in [2.05, 4.69) is 5.10 Å². The van der Waals surface area contributed by atoms with Crippen LogP contribution in [0.15, 0.2) is 52.4 Å². The van der Waals surface area contributed by atoms with E-state index in [9.17, 15) is 14.9 Å². The van der Waals surface area contributed by atoms with Crippen LogP contribution < -0.4 is 10.3 Å². The van der Waals surface area contributed by atoms with Crippen molar-refractivity contribution in [2.75, 3.05) is 0 Å². The molecule has 8 heteroatoms. The van der Waals surface area contributed by atoms with Crippen LogP contribution in [0.2, 0.25) is 0 Å². The zero-order valence-corrected chi connectivity index (χ0v) is 18.9. The van der Waals surface area contributed by atoms with E-state index in [4.69, 9.17) is 9.72 Å². The lowest BCUT2D eigenvalue weighted by Crippen LogP contribution is -2.25. The smallest absolute Gasteiger partial charge is 0.311 e. The topological polar surface area (TPSA) is 99.6 Å². The minimum atomic E-state index is -0.466. The SMILES string of the molecule is CC[C@@H](C)Oc1ccc(C=Nn2c(C3CCCCC3)nc3ccccc3c2=O)cc1[N+](=O)[O-]. The highest BCUT2D eigenvalue weighted by Crippen LogP contribution is 2.32. The van der Waals surface area contributed by atoms with Gasteiger partial charge in [-0.3, -0.25) is 14.9 Å². The van der Waals surface area contributed by atoms with Crippen LogP contribution in [-0.2, 0) is 0 Å². The third-order valence-electron chi connectivity index (χ3n) is 6.15. The molecule has 4 rings (SSSR count). The number of benzene rings is 2. The molecule has 1 atom stereocenters. The number of fused-ring (bicyclic) bond motifs is 1. The van der Waals surface area contributed by atoms with Gasteiger partial charge in [0, 0.05) is 17.5 Å². The minimum absolute atomic E-state index is 0.129. The molecule has 172 valence electrons. The molecule has 1 saturated carbocycles. The number of nitro benzene ring substituents is 1. The number of para-hydroxylation sites is 1. The molecule has 0 unspecified atom stereocenters. The molecular weight excluding hydrogens is 420 g/mol. The lowest BCUT2D eigenvalue weighted by molar-refractivity contribution is -0.386. The van der Waals surface area contributed by atoms with Gasteiger partial charge in [-0.05, 0) is 50.5 Å². The third kappa shape index (κ3) is 4.94. The van der Waals surface area contributed by atoms with Crippen LogP contribution in [0.3, 0.4) is 0 Å². The molecule has 1 aliphatic rings. The molecule has 0 radical (unpaired) electrons. The molecule has 0 aliphatic heterocycles. The summed E-state index contributed by atoms with van der Waals surface area (Å²) in [4.78, 5) is 29.2. The maximum atomic E-state index is 13.3. The monoisotopic (exact) mass is 448 g/mol. The zero-order chi connectivity index (χ0) is 23.4. The summed E-state index contributed by atoms with van der Waals surface area (Å²) >= 11 is 0. The average Bonchev–Trinajstić information content (AvgIpc) is 2.84. The summed E-state index contributed by atoms with van der Waals surface area (Å²) in [6, 6.07) is 12.0. The lowest BCUT2D eigenvalue weighted by atomic mass is 9.88. The maximum Gasteiger partial charge on any atom is 0.311 e. The highest BCUT2D eigenvalue weighted by Gasteiger charge is 2.22. The summed E-state index contributed by atoms with van der Waals surface area (Å²) in [5.74, 6) is 1.04. The first kappa shape index (κ1) is 22.6. The second kappa shape index (κ2) is 9.94. The highest BCUT2D eigenvalue weighted by atomic mass is 16.6. The molecular formula is C25H28N4O4. The summed E-state index contributed by atoms with van der Waals surface area (Å²) in [7, 11) is 0. The lowest BCUT2D eigenvalue weighted by Gasteiger charge is -2.22. The zero-order valence-electron chi connectivity index (χ0n) is 18.9. The summed E-state index contributed by atoms with van der Waals surface area (Å²) in [6.07, 6.45) is 7.39. The van der Waals surface area contributed by atoms with Gasteiger partial charge in [-0.1, -0.05) is 38.3 Å². The average molecular weight is 449 g/mol. The summed E-state index contributed by atoms with van der Waals surface area (Å²) < 4.78 is 7.06. The van der Waals surface area contributed by atoms with Crippen molar-refractivity contribution < 1.29 is 9.66 Å². The molecule has 0 N–H and O–H groups in total. The van der Waals surface area contributed by atoms with Gasteiger partial charge < -0.3 is 4.74 Å². The van der Waals surface area contributed by atoms with Crippen LogP contribution in [0, 0.1) is 10.1 Å². The predicted octanol–water partition coefficient (Wildman–Crippen LogP) is 5.41. The summed E-state index contributed by atoms with van der Waals surface area (Å²) in [6.45, 7) is 3.82. The van der Waals surface area contributed by atoms with Crippen LogP contribution >= 0.6 is 0 Å². The fourth-order valence-corrected chi connectivity index (χ4v) is 4.16. The van der Waals surface area contributed by atoms with Crippen LogP contribution in [0.1, 0.15) is 69.7 Å². The van der Waals surface area contributed by atoms with Gasteiger partial charge in [-0.2, -0.15) is 9.78 Å². The van der Waals surface area contributed by atoms with Crippen molar-refractivity contribution in [2.24, 2.45) is 5.10 Å². The van der Waals surface area contributed by atoms with E-state index in [0.29, 0.717) is 22.3 Å². The molecule has 1 aliphatic carbocycles. The van der Waals surface area contributed by atoms with Crippen LogP contribution in [0.25, 0.3) is 10.9 Å². The summed E-state index contributed by atoms with van der Waals surface area (Å²) in [5.41, 5.74) is 0.809. The first-order valence-electron chi connectivity index (χ1n) is 11.5. The Morgan fingerprint density at radius 1 is 1.24 bits per heavy atom. The van der Waals surface area contributed by atoms with Crippen molar-refractivity contribution in [3.05, 3.63) is 74.3 Å². The van der Waals surface area contributed by atoms with Gasteiger partial charge in [-0.15, -0.1) is 0 Å². The predicted molar refractivity (Wildman–Crippen MR) is 128 cm³/mol. The van der Waals surface area contributed by atoms with Crippen molar-refractivity contribution in [1.29, 1.82) is 0 Å². The maximum absolute atomic E-state index is 13.3. The normalized spacial score (nSPS) is 15.7. The Hall–Kier alpha value is -3.55. The van der Waals surface area contributed by atoms with Crippen LogP contribution in [0.5, 0.6) is 5.75 Å². The van der Waals surface area contributed by atoms with Crippen molar-refractivity contribution in [1.82, 2.24) is 9.66 Å². The largest absolute Gasteiger partial charge is 0.484 e. The second-order valence-corrected chi connectivity index (χ2v) is 8.50. The molecule has 33 heavy (non-hydrogen) atoms. The van der Waals surface area contributed by atoms with Crippen LogP contribution in [-0.4, -0.2) is 26.9 Å². The van der Waals surface area contributed by atoms with Crippen LogP contribution in [0.4, 0.5) is 5.69 Å². The molecule has 1 fully saturated rings. The fraction of sp³-hybridized carbons (Fsp3) is 0.400. The Morgan fingerprint density at radius 3 is 2.73 bits per heavy atom. The van der Waals surface area contributed by atoms with E-state index in [-0.39, 0.29) is 29.0 Å². The second-order valence-electron chi connectivity index (χ2n) is 8.50. The van der Waals surface area contributed by atoms with Crippen molar-refractivity contribution in [3.8, 4) is 5.75 Å². The van der Waals surface area contributed by atoms with Crippen molar-refractivity contribution in [3.63, 3.8) is 0 Å². The Bertz CT molecular complexity index is 1240. The molecule has 1 heterocycles. The number of aromatic nitrogens is 2. The van der Waals surface area contributed by atoms with Crippen molar-refractivity contribution >= 4 is 22.8 Å². The molecule has 0 spiro atoms. The fourth-order valence-electron chi connectivity index (χ4n) is 4.16. The van der Waals surface area contributed by atoms with E-state index in [0.717, 1.165) is 32.1 Å². The van der Waals surface area contributed by atoms with Gasteiger partial charge in [-0.25, -0.2) is 4.98 Å². The standard InChI is InChI=1S/C25H28N4O4/c1-3-17(2)33-23-14-13-18(15-22(23)29(31)32)16-26-28-24(19-9-5-4-6-10-19)27-21-12-8-7-11-20(21)25(28)30/h7-8,11-17,19H,3-6,9-10H2,1-2H3/t17-/m1/s1. The van der Waals surface area contributed by atoms with Gasteiger partial charge in [0.1, 0.15) is 5.82 Å². The third-order valence-corrected chi connectivity index (χ3v) is 6.15. The summed E-state index contributed by atoms with van der Waals surface area (Å²) in [5, 5.41) is 16.6. The van der Waals surface area contributed by atoms with Gasteiger partial charge in [0.25, 0.3) is 5.56 Å². The first-order valence-corrected chi connectivity index (χ1v) is 11.5. The molecule has 0 saturated heterocycles. The number of hydrogen-bond acceptors (Lipinski definition) is 6. The number of ether oxygens (including phenoxy) is 1. The first-order chi connectivity index (χ1) is 16.0. The van der Waals surface area contributed by atoms with E-state index >= 15 is 0 Å². The number of hydrogen-bond donors (Lipinski definition) is 0. The number of nitrogens with zero attached hydrogens (tertiary/aromatic N) is 4. The van der Waals surface area contributed by atoms with Gasteiger partial charge in [0.15, 0.2) is 5.75 Å². The van der Waals surface area contributed by atoms with Gasteiger partial charge in [0.05, 0.1) is 28.1 Å². The van der Waals surface area contributed by atoms with Gasteiger partial charge in [0.2, 0.25) is 0 Å². The molecule has 2 aromatic carbocycles. The molecule has 3 aromatic rings. The minimum Gasteiger partial charge on any atom is -0.484 e. The molecule has 8 nitrogen and oxygen atoms in total. The number of nitro groups is 1. The highest BCUT2D eigenvalue weighted by molar-refractivity contribution is 5.82. The van der Waals surface area contributed by atoms with Gasteiger partial charge >= 0.3 is 5.69 Å². The van der Waals surface area contributed by atoms with E-state index in [1.54, 1.807) is 24.3 Å². The Balaban J connectivity index is 1.75. The quantitative estimate of drug-likeness (QED) is 0.273. The Morgan fingerprint density at radius 2 is 2.00 bits per heavy atom. The van der Waals surface area contributed by atoms with Crippen molar-refractivity contribution in [2.45, 2.75) is 64.4 Å². The number of rotatable bonds is 7. The Kier molecular flexibility index (Phi) is 6.82.